The van der Waals surface area contributed by atoms with E-state index in [9.17, 15) is 19.8 Å². The molecule has 0 fully saturated rings. The molecular weight excluding hydrogens is 773 g/mol. The molecule has 0 saturated carbocycles. The van der Waals surface area contributed by atoms with Crippen LogP contribution in [-0.2, 0) is 0 Å². The quantitative estimate of drug-likeness (QED) is 0.0947. The maximum absolute atomic E-state index is 13.4. The molecule has 0 aliphatic heterocycles. The van der Waals surface area contributed by atoms with Crippen molar-refractivity contribution in [3.63, 3.8) is 0 Å². The number of ether oxygens (including phenoxy) is 5. The van der Waals surface area contributed by atoms with Gasteiger partial charge in [0, 0.05) is 11.1 Å². The van der Waals surface area contributed by atoms with Crippen molar-refractivity contribution in [3.05, 3.63) is 194 Å². The second-order valence-corrected chi connectivity index (χ2v) is 13.4. The summed E-state index contributed by atoms with van der Waals surface area (Å²) in [7, 11) is 0. The number of phenolic OH excluding ortho intramolecular Hbond substituents is 2. The molecule has 8 aromatic rings. The lowest BCUT2D eigenvalue weighted by Gasteiger charge is -2.20. The summed E-state index contributed by atoms with van der Waals surface area (Å²) in [5.41, 5.74) is 2.86. The molecule has 0 aliphatic carbocycles. The second-order valence-electron chi connectivity index (χ2n) is 13.4. The Morgan fingerprint density at radius 3 is 1.07 bits per heavy atom. The number of hydrogen-bond acceptors (Lipinski definition) is 9. The number of carbonyl (C=O) groups is 2. The zero-order valence-corrected chi connectivity index (χ0v) is 32.2. The minimum Gasteiger partial charge on any atom is -0.508 e. The van der Waals surface area contributed by atoms with E-state index in [-0.39, 0.29) is 23.0 Å². The summed E-state index contributed by atoms with van der Waals surface area (Å²) in [4.78, 5) is 26.8. The first kappa shape index (κ1) is 39.1. The summed E-state index contributed by atoms with van der Waals surface area (Å²) < 4.78 is 29.7. The molecule has 0 unspecified atom stereocenters. The topological polar surface area (TPSA) is 145 Å². The van der Waals surface area contributed by atoms with Crippen LogP contribution in [0, 0.1) is 0 Å². The van der Waals surface area contributed by atoms with Gasteiger partial charge in [0.2, 0.25) is 0 Å². The van der Waals surface area contributed by atoms with E-state index in [2.05, 4.69) is 10.6 Å². The maximum atomic E-state index is 13.4. The number of nitrogens with one attached hydrogen (secondary N) is 2. The summed E-state index contributed by atoms with van der Waals surface area (Å²) >= 11 is 0. The molecule has 0 radical (unpaired) electrons. The molecule has 61 heavy (non-hydrogen) atoms. The number of rotatable bonds is 12. The van der Waals surface area contributed by atoms with Crippen molar-refractivity contribution >= 4 is 23.6 Å². The summed E-state index contributed by atoms with van der Waals surface area (Å²) in [6.45, 7) is 0. The SMILES string of the molecule is O=C(Nc1cccc(Oc2cccc(NC(=O)Oc3ccc(Oc4ccccc4)cc3)c2-c2ccc(O)cc2)c1-c1ccc(O)cc1)Oc1ccc(Oc2ccccc2)cc1. The zero-order valence-electron chi connectivity index (χ0n) is 32.2. The molecule has 0 aliphatic rings. The lowest BCUT2D eigenvalue weighted by Crippen LogP contribution is -2.17. The third-order valence-electron chi connectivity index (χ3n) is 9.08. The van der Waals surface area contributed by atoms with E-state index < -0.39 is 12.2 Å². The molecule has 0 saturated heterocycles. The first-order valence-corrected chi connectivity index (χ1v) is 19.0. The fourth-order valence-corrected chi connectivity index (χ4v) is 6.30. The number of phenols is 2. The molecule has 8 aromatic carbocycles. The van der Waals surface area contributed by atoms with Crippen LogP contribution in [0.5, 0.6) is 57.5 Å². The minimum atomic E-state index is -0.762. The molecule has 300 valence electrons. The third-order valence-corrected chi connectivity index (χ3v) is 9.08. The Morgan fingerprint density at radius 1 is 0.344 bits per heavy atom. The van der Waals surface area contributed by atoms with Crippen molar-refractivity contribution in [2.24, 2.45) is 0 Å². The van der Waals surface area contributed by atoms with Crippen LogP contribution in [0.2, 0.25) is 0 Å². The van der Waals surface area contributed by atoms with Crippen LogP contribution in [0.4, 0.5) is 21.0 Å². The molecular formula is C50H36N2O9. The number of carbonyl (C=O) groups excluding carboxylic acids is 2. The summed E-state index contributed by atoms with van der Waals surface area (Å²) in [6, 6.07) is 55.0. The first-order chi connectivity index (χ1) is 29.8. The molecule has 0 aromatic heterocycles. The highest BCUT2D eigenvalue weighted by atomic mass is 16.6. The summed E-state index contributed by atoms with van der Waals surface area (Å²) in [6.07, 6.45) is -1.52. The van der Waals surface area contributed by atoms with Crippen LogP contribution in [0.25, 0.3) is 22.3 Å². The summed E-state index contributed by atoms with van der Waals surface area (Å²) in [5.74, 6) is 3.80. The molecule has 0 spiro atoms. The van der Waals surface area contributed by atoms with Crippen molar-refractivity contribution in [2.45, 2.75) is 0 Å². The Hall–Kier alpha value is -8.70. The highest BCUT2D eigenvalue weighted by Gasteiger charge is 2.21. The number of aromatic hydroxyl groups is 2. The van der Waals surface area contributed by atoms with E-state index in [4.69, 9.17) is 23.7 Å². The van der Waals surface area contributed by atoms with Gasteiger partial charge in [0.1, 0.15) is 57.5 Å². The summed E-state index contributed by atoms with van der Waals surface area (Å²) in [5, 5.41) is 25.9. The van der Waals surface area contributed by atoms with Crippen molar-refractivity contribution < 1.29 is 43.5 Å². The van der Waals surface area contributed by atoms with E-state index in [1.165, 1.54) is 24.3 Å². The molecule has 11 nitrogen and oxygen atoms in total. The van der Waals surface area contributed by atoms with E-state index in [0.717, 1.165) is 0 Å². The second kappa shape index (κ2) is 18.3. The Labute approximate surface area is 350 Å². The molecule has 0 heterocycles. The van der Waals surface area contributed by atoms with Crippen LogP contribution in [0.15, 0.2) is 194 Å². The van der Waals surface area contributed by atoms with Crippen LogP contribution >= 0.6 is 0 Å². The third kappa shape index (κ3) is 10.1. The molecule has 11 heteroatoms. The van der Waals surface area contributed by atoms with Gasteiger partial charge in [0.15, 0.2) is 0 Å². The van der Waals surface area contributed by atoms with Gasteiger partial charge in [0.25, 0.3) is 0 Å². The van der Waals surface area contributed by atoms with Crippen molar-refractivity contribution in [1.82, 2.24) is 0 Å². The predicted octanol–water partition coefficient (Wildman–Crippen LogP) is 13.0. The standard InChI is InChI=1S/C50H36N2O9/c53-35-21-17-33(18-22-35)47-43(51-49(55)59-41-29-25-39(26-30-41)57-37-9-3-1-4-10-37)13-7-15-45(47)61-46-16-8-14-44(48(46)34-19-23-36(54)24-20-34)52-50(56)60-42-31-27-40(28-32-42)58-38-11-5-2-6-12-38/h1-32,53-54H,(H,51,55)(H,52,56). The van der Waals surface area contributed by atoms with Crippen LogP contribution in [0.3, 0.4) is 0 Å². The smallest absolute Gasteiger partial charge is 0.417 e. The van der Waals surface area contributed by atoms with E-state index >= 15 is 0 Å². The number of amides is 2. The van der Waals surface area contributed by atoms with Gasteiger partial charge in [-0.05, 0) is 132 Å². The number of para-hydroxylation sites is 2. The highest BCUT2D eigenvalue weighted by molar-refractivity contribution is 5.96. The van der Waals surface area contributed by atoms with Gasteiger partial charge in [-0.3, -0.25) is 10.6 Å². The Morgan fingerprint density at radius 2 is 0.689 bits per heavy atom. The Balaban J connectivity index is 1.05. The maximum Gasteiger partial charge on any atom is 0.417 e. The predicted molar refractivity (Wildman–Crippen MR) is 232 cm³/mol. The van der Waals surface area contributed by atoms with E-state index in [1.54, 1.807) is 109 Å². The normalized spacial score (nSPS) is 10.6. The zero-order chi connectivity index (χ0) is 42.0. The average Bonchev–Trinajstić information content (AvgIpc) is 3.27. The van der Waals surface area contributed by atoms with Crippen molar-refractivity contribution in [3.8, 4) is 79.7 Å². The van der Waals surface area contributed by atoms with E-state index in [1.807, 2.05) is 60.7 Å². The van der Waals surface area contributed by atoms with Crippen LogP contribution < -0.4 is 34.3 Å². The van der Waals surface area contributed by atoms with Gasteiger partial charge in [-0.2, -0.15) is 0 Å². The van der Waals surface area contributed by atoms with Crippen molar-refractivity contribution in [2.75, 3.05) is 10.6 Å². The molecule has 0 atom stereocenters. The first-order valence-electron chi connectivity index (χ1n) is 19.0. The van der Waals surface area contributed by atoms with Crippen LogP contribution in [0.1, 0.15) is 0 Å². The largest absolute Gasteiger partial charge is 0.508 e. The lowest BCUT2D eigenvalue weighted by molar-refractivity contribution is 0.214. The van der Waals surface area contributed by atoms with Gasteiger partial charge < -0.3 is 33.9 Å². The fraction of sp³-hybridized carbons (Fsp3) is 0. The van der Waals surface area contributed by atoms with Crippen LogP contribution in [-0.4, -0.2) is 22.4 Å². The highest BCUT2D eigenvalue weighted by Crippen LogP contribution is 2.44. The average molecular weight is 809 g/mol. The molecule has 8 rings (SSSR count). The van der Waals surface area contributed by atoms with Crippen molar-refractivity contribution in [1.29, 1.82) is 0 Å². The molecule has 0 bridgehead atoms. The van der Waals surface area contributed by atoms with Gasteiger partial charge in [0.05, 0.1) is 11.4 Å². The fourth-order valence-electron chi connectivity index (χ4n) is 6.30. The van der Waals surface area contributed by atoms with Gasteiger partial charge in [-0.25, -0.2) is 9.59 Å². The Bertz CT molecular complexity index is 2550. The molecule has 4 N–H and O–H groups in total. The monoisotopic (exact) mass is 808 g/mol. The Kier molecular flexibility index (Phi) is 11.7. The number of anilines is 2. The number of benzene rings is 8. The van der Waals surface area contributed by atoms with E-state index in [0.29, 0.717) is 68.1 Å². The minimum absolute atomic E-state index is 0.0486. The molecule has 2 amide bonds. The number of hydrogen-bond donors (Lipinski definition) is 4. The van der Waals surface area contributed by atoms with Gasteiger partial charge >= 0.3 is 12.2 Å². The lowest BCUT2D eigenvalue weighted by atomic mass is 10.0. The van der Waals surface area contributed by atoms with Gasteiger partial charge in [-0.1, -0.05) is 72.8 Å². The van der Waals surface area contributed by atoms with Gasteiger partial charge in [-0.15, -0.1) is 0 Å².